The summed E-state index contributed by atoms with van der Waals surface area (Å²) in [5, 5.41) is 7.03. The average molecular weight is 288 g/mol. The van der Waals surface area contributed by atoms with E-state index in [0.29, 0.717) is 11.3 Å². The van der Waals surface area contributed by atoms with Gasteiger partial charge in [0.25, 0.3) is 0 Å². The minimum Gasteiger partial charge on any atom is -0.370 e. The van der Waals surface area contributed by atoms with Crippen molar-refractivity contribution in [2.45, 2.75) is 59.3 Å². The number of hydrogen-bond acceptors (Lipinski definition) is 4. The molecular weight excluding hydrogens is 260 g/mol. The fourth-order valence-electron chi connectivity index (χ4n) is 2.79. The largest absolute Gasteiger partial charge is 0.370 e. The molecular formula is C17H28N4. The average Bonchev–Trinajstić information content (AvgIpc) is 3.34. The van der Waals surface area contributed by atoms with Gasteiger partial charge >= 0.3 is 0 Å². The highest BCUT2D eigenvalue weighted by atomic mass is 15.1. The second-order valence-corrected chi connectivity index (χ2v) is 7.38. The summed E-state index contributed by atoms with van der Waals surface area (Å²) in [7, 11) is 0. The maximum Gasteiger partial charge on any atom is 0.136 e. The molecule has 2 N–H and O–H groups in total. The third-order valence-electron chi connectivity index (χ3n) is 4.88. The quantitative estimate of drug-likeness (QED) is 0.798. The number of aromatic nitrogens is 2. The van der Waals surface area contributed by atoms with Crippen LogP contribution in [0.15, 0.2) is 0 Å². The molecule has 0 bridgehead atoms. The zero-order valence-corrected chi connectivity index (χ0v) is 13.8. The van der Waals surface area contributed by atoms with Crippen molar-refractivity contribution in [3.05, 3.63) is 11.4 Å². The van der Waals surface area contributed by atoms with Gasteiger partial charge < -0.3 is 10.6 Å². The predicted molar refractivity (Wildman–Crippen MR) is 87.9 cm³/mol. The van der Waals surface area contributed by atoms with Crippen LogP contribution in [0, 0.1) is 18.3 Å². The second kappa shape index (κ2) is 5.47. The lowest BCUT2D eigenvalue weighted by molar-refractivity contribution is 0.572. The minimum absolute atomic E-state index is 0.510. The van der Waals surface area contributed by atoms with Gasteiger partial charge in [-0.1, -0.05) is 20.8 Å². The molecule has 4 heteroatoms. The Balaban J connectivity index is 1.75. The van der Waals surface area contributed by atoms with Gasteiger partial charge in [0.2, 0.25) is 0 Å². The van der Waals surface area contributed by atoms with Crippen molar-refractivity contribution < 1.29 is 0 Å². The van der Waals surface area contributed by atoms with E-state index >= 15 is 0 Å². The van der Waals surface area contributed by atoms with Gasteiger partial charge in [-0.15, -0.1) is 0 Å². The molecule has 3 rings (SSSR count). The molecule has 0 amide bonds. The molecule has 21 heavy (non-hydrogen) atoms. The molecule has 1 heterocycles. The highest BCUT2D eigenvalue weighted by Gasteiger charge is 2.45. The van der Waals surface area contributed by atoms with Crippen LogP contribution in [0.4, 0.5) is 11.6 Å². The van der Waals surface area contributed by atoms with Crippen LogP contribution < -0.4 is 10.6 Å². The summed E-state index contributed by atoms with van der Waals surface area (Å²) >= 11 is 0. The molecule has 1 unspecified atom stereocenters. The van der Waals surface area contributed by atoms with Gasteiger partial charge in [-0.05, 0) is 43.9 Å². The first-order valence-corrected chi connectivity index (χ1v) is 8.37. The molecule has 4 nitrogen and oxygen atoms in total. The molecule has 1 aromatic heterocycles. The van der Waals surface area contributed by atoms with Gasteiger partial charge in [0, 0.05) is 24.6 Å². The molecule has 0 aromatic carbocycles. The van der Waals surface area contributed by atoms with E-state index in [2.05, 4.69) is 38.3 Å². The lowest BCUT2D eigenvalue weighted by Crippen LogP contribution is -2.14. The highest BCUT2D eigenvalue weighted by molar-refractivity contribution is 5.57. The number of anilines is 2. The van der Waals surface area contributed by atoms with Crippen molar-refractivity contribution in [3.8, 4) is 0 Å². The zero-order valence-electron chi connectivity index (χ0n) is 13.8. The summed E-state index contributed by atoms with van der Waals surface area (Å²) in [6.07, 6.45) is 4.92. The molecule has 2 aliphatic rings. The third kappa shape index (κ3) is 3.30. The van der Waals surface area contributed by atoms with E-state index in [4.69, 9.17) is 9.97 Å². The van der Waals surface area contributed by atoms with Crippen molar-refractivity contribution in [1.29, 1.82) is 0 Å². The van der Waals surface area contributed by atoms with E-state index in [0.717, 1.165) is 48.5 Å². The fourth-order valence-corrected chi connectivity index (χ4v) is 2.79. The van der Waals surface area contributed by atoms with Crippen LogP contribution in [0.5, 0.6) is 0 Å². The molecule has 2 saturated carbocycles. The monoisotopic (exact) mass is 288 g/mol. The van der Waals surface area contributed by atoms with E-state index in [1.165, 1.54) is 19.3 Å². The van der Waals surface area contributed by atoms with Gasteiger partial charge in [0.1, 0.15) is 17.5 Å². The van der Waals surface area contributed by atoms with Gasteiger partial charge in [-0.25, -0.2) is 9.97 Å². The Hall–Kier alpha value is -1.32. The molecule has 2 aliphatic carbocycles. The smallest absolute Gasteiger partial charge is 0.136 e. The molecule has 1 aromatic rings. The van der Waals surface area contributed by atoms with Gasteiger partial charge in [0.05, 0.1) is 0 Å². The van der Waals surface area contributed by atoms with Crippen LogP contribution in [0.2, 0.25) is 0 Å². The minimum atomic E-state index is 0.510. The highest BCUT2D eigenvalue weighted by Crippen LogP contribution is 2.51. The standard InChI is InChI=1S/C17H28N4/c1-5-8-18-14-11(2)15(19-10-13-9-17(13,3)4)21-16(20-14)12-6-7-12/h12-13H,5-10H2,1-4H3,(H2,18,19,20,21). The molecule has 116 valence electrons. The third-order valence-corrected chi connectivity index (χ3v) is 4.88. The Morgan fingerprint density at radius 1 is 1.14 bits per heavy atom. The Morgan fingerprint density at radius 2 is 1.76 bits per heavy atom. The van der Waals surface area contributed by atoms with Crippen molar-refractivity contribution in [3.63, 3.8) is 0 Å². The summed E-state index contributed by atoms with van der Waals surface area (Å²) in [5.74, 6) is 4.45. The normalized spacial score (nSPS) is 23.0. The van der Waals surface area contributed by atoms with E-state index in [1.807, 2.05) is 0 Å². The first kappa shape index (κ1) is 14.6. The SMILES string of the molecule is CCCNc1nc(C2CC2)nc(NCC2CC2(C)C)c1C. The molecule has 0 saturated heterocycles. The summed E-state index contributed by atoms with van der Waals surface area (Å²) < 4.78 is 0. The molecule has 0 aliphatic heterocycles. The van der Waals surface area contributed by atoms with Gasteiger partial charge in [-0.3, -0.25) is 0 Å². The van der Waals surface area contributed by atoms with Crippen LogP contribution in [-0.4, -0.2) is 23.1 Å². The Morgan fingerprint density at radius 3 is 2.29 bits per heavy atom. The van der Waals surface area contributed by atoms with Crippen molar-refractivity contribution in [2.24, 2.45) is 11.3 Å². The van der Waals surface area contributed by atoms with Crippen molar-refractivity contribution in [1.82, 2.24) is 9.97 Å². The summed E-state index contributed by atoms with van der Waals surface area (Å²) in [5.41, 5.74) is 1.67. The lowest BCUT2D eigenvalue weighted by atomic mass is 10.1. The van der Waals surface area contributed by atoms with Crippen molar-refractivity contribution in [2.75, 3.05) is 23.7 Å². The zero-order chi connectivity index (χ0) is 15.0. The predicted octanol–water partition coefficient (Wildman–Crippen LogP) is 3.94. The number of hydrogen-bond donors (Lipinski definition) is 2. The molecule has 1 atom stereocenters. The van der Waals surface area contributed by atoms with E-state index in [-0.39, 0.29) is 0 Å². The van der Waals surface area contributed by atoms with E-state index < -0.39 is 0 Å². The van der Waals surface area contributed by atoms with Crippen LogP contribution in [0.25, 0.3) is 0 Å². The first-order valence-electron chi connectivity index (χ1n) is 8.37. The molecule has 0 radical (unpaired) electrons. The van der Waals surface area contributed by atoms with Crippen LogP contribution >= 0.6 is 0 Å². The van der Waals surface area contributed by atoms with Crippen LogP contribution in [0.1, 0.15) is 63.8 Å². The topological polar surface area (TPSA) is 49.8 Å². The lowest BCUT2D eigenvalue weighted by Gasteiger charge is -2.15. The number of nitrogens with zero attached hydrogens (tertiary/aromatic N) is 2. The van der Waals surface area contributed by atoms with E-state index in [1.54, 1.807) is 0 Å². The second-order valence-electron chi connectivity index (χ2n) is 7.38. The Labute approximate surface area is 128 Å². The maximum absolute atomic E-state index is 4.79. The van der Waals surface area contributed by atoms with E-state index in [9.17, 15) is 0 Å². The first-order chi connectivity index (χ1) is 10.0. The molecule has 2 fully saturated rings. The Bertz CT molecular complexity index is 520. The van der Waals surface area contributed by atoms with Gasteiger partial charge in [0.15, 0.2) is 0 Å². The summed E-state index contributed by atoms with van der Waals surface area (Å²) in [4.78, 5) is 9.53. The maximum atomic E-state index is 4.79. The van der Waals surface area contributed by atoms with Gasteiger partial charge in [-0.2, -0.15) is 0 Å². The Kier molecular flexibility index (Phi) is 3.80. The molecule has 0 spiro atoms. The van der Waals surface area contributed by atoms with Crippen LogP contribution in [-0.2, 0) is 0 Å². The fraction of sp³-hybridized carbons (Fsp3) is 0.765. The number of rotatable bonds is 7. The number of nitrogens with one attached hydrogen (secondary N) is 2. The summed E-state index contributed by atoms with van der Waals surface area (Å²) in [6, 6.07) is 0. The van der Waals surface area contributed by atoms with Crippen molar-refractivity contribution >= 4 is 11.6 Å². The van der Waals surface area contributed by atoms with Crippen LogP contribution in [0.3, 0.4) is 0 Å². The summed E-state index contributed by atoms with van der Waals surface area (Å²) in [6.45, 7) is 11.0.